The van der Waals surface area contributed by atoms with E-state index >= 15 is 0 Å². The molecule has 20 heavy (non-hydrogen) atoms. The van der Waals surface area contributed by atoms with Gasteiger partial charge in [-0.1, -0.05) is 13.0 Å². The first-order chi connectivity index (χ1) is 9.42. The van der Waals surface area contributed by atoms with Gasteiger partial charge in [0.15, 0.2) is 5.82 Å². The minimum Gasteiger partial charge on any atom is -0.381 e. The molecule has 0 radical (unpaired) electrons. The number of hydrogen-bond acceptors (Lipinski definition) is 4. The summed E-state index contributed by atoms with van der Waals surface area (Å²) < 4.78 is 29.6. The van der Waals surface area contributed by atoms with Crippen LogP contribution in [0.5, 0.6) is 0 Å². The number of aryl methyl sites for hydroxylation is 1. The fourth-order valence-electron chi connectivity index (χ4n) is 1.73. The molecule has 0 unspecified atom stereocenters. The number of nitrogens with zero attached hydrogens (tertiary/aromatic N) is 2. The number of hydrogen-bond donors (Lipinski definition) is 2. The molecule has 3 N–H and O–H groups in total. The zero-order valence-electron chi connectivity index (χ0n) is 10.9. The Morgan fingerprint density at radius 2 is 2.20 bits per heavy atom. The second-order valence-corrected chi connectivity index (χ2v) is 7.15. The van der Waals surface area contributed by atoms with Crippen LogP contribution >= 0.6 is 22.6 Å². The van der Waals surface area contributed by atoms with E-state index < -0.39 is 10.0 Å². The molecule has 0 atom stereocenters. The average Bonchev–Trinajstić information content (AvgIpc) is 2.71. The van der Waals surface area contributed by atoms with Crippen LogP contribution in [-0.4, -0.2) is 18.2 Å². The SMILES string of the molecule is CCCn1cc(S(=O)(=O)Nc2cccc(I)c2)c(N)n1. The van der Waals surface area contributed by atoms with Crippen molar-refractivity contribution in [1.82, 2.24) is 9.78 Å². The Balaban J connectivity index is 2.30. The lowest BCUT2D eigenvalue weighted by Crippen LogP contribution is -2.14. The Morgan fingerprint density at radius 3 is 2.85 bits per heavy atom. The van der Waals surface area contributed by atoms with Crippen molar-refractivity contribution in [3.05, 3.63) is 34.0 Å². The summed E-state index contributed by atoms with van der Waals surface area (Å²) in [5.74, 6) is 0.0107. The van der Waals surface area contributed by atoms with Crippen LogP contribution in [0.1, 0.15) is 13.3 Å². The van der Waals surface area contributed by atoms with Crippen LogP contribution in [0.25, 0.3) is 0 Å². The first-order valence-electron chi connectivity index (χ1n) is 6.03. The summed E-state index contributed by atoms with van der Waals surface area (Å²) in [7, 11) is -3.72. The fraction of sp³-hybridized carbons (Fsp3) is 0.250. The van der Waals surface area contributed by atoms with Crippen LogP contribution in [0.3, 0.4) is 0 Å². The maximum Gasteiger partial charge on any atom is 0.267 e. The molecular formula is C12H15IN4O2S. The minimum absolute atomic E-state index is 0.00445. The molecule has 0 fully saturated rings. The molecule has 8 heteroatoms. The zero-order chi connectivity index (χ0) is 14.8. The van der Waals surface area contributed by atoms with Crippen LogP contribution < -0.4 is 10.5 Å². The highest BCUT2D eigenvalue weighted by Gasteiger charge is 2.21. The first-order valence-corrected chi connectivity index (χ1v) is 8.60. The van der Waals surface area contributed by atoms with E-state index in [1.54, 1.807) is 22.9 Å². The zero-order valence-corrected chi connectivity index (χ0v) is 13.8. The molecule has 0 aliphatic carbocycles. The summed E-state index contributed by atoms with van der Waals surface area (Å²) >= 11 is 2.12. The van der Waals surface area contributed by atoms with E-state index in [0.29, 0.717) is 12.2 Å². The van der Waals surface area contributed by atoms with Gasteiger partial charge < -0.3 is 5.73 Å². The number of nitrogens with one attached hydrogen (secondary N) is 1. The molecule has 1 aromatic heterocycles. The van der Waals surface area contributed by atoms with Gasteiger partial charge in [-0.25, -0.2) is 8.42 Å². The Hall–Kier alpha value is -1.29. The van der Waals surface area contributed by atoms with Crippen LogP contribution in [-0.2, 0) is 16.6 Å². The predicted molar refractivity (Wildman–Crippen MR) is 86.9 cm³/mol. The summed E-state index contributed by atoms with van der Waals surface area (Å²) in [6, 6.07) is 7.09. The lowest BCUT2D eigenvalue weighted by atomic mass is 10.3. The summed E-state index contributed by atoms with van der Waals surface area (Å²) in [6.07, 6.45) is 2.31. The highest BCUT2D eigenvalue weighted by molar-refractivity contribution is 14.1. The maximum atomic E-state index is 12.3. The third-order valence-electron chi connectivity index (χ3n) is 2.57. The quantitative estimate of drug-likeness (QED) is 0.746. The molecule has 0 spiro atoms. The monoisotopic (exact) mass is 406 g/mol. The van der Waals surface area contributed by atoms with Gasteiger partial charge in [-0.15, -0.1) is 0 Å². The van der Waals surface area contributed by atoms with Crippen LogP contribution in [0.2, 0.25) is 0 Å². The van der Waals surface area contributed by atoms with E-state index in [0.717, 1.165) is 9.99 Å². The predicted octanol–water partition coefficient (Wildman–Crippen LogP) is 2.28. The maximum absolute atomic E-state index is 12.3. The van der Waals surface area contributed by atoms with Crippen LogP contribution in [0.4, 0.5) is 11.5 Å². The Kier molecular flexibility index (Phi) is 4.53. The molecule has 0 bridgehead atoms. The molecule has 1 heterocycles. The van der Waals surface area contributed by atoms with Crippen molar-refractivity contribution in [2.75, 3.05) is 10.5 Å². The minimum atomic E-state index is -3.72. The topological polar surface area (TPSA) is 90.0 Å². The van der Waals surface area contributed by atoms with E-state index in [1.807, 2.05) is 13.0 Å². The molecular weight excluding hydrogens is 391 g/mol. The Morgan fingerprint density at radius 1 is 1.45 bits per heavy atom. The lowest BCUT2D eigenvalue weighted by Gasteiger charge is -2.06. The van der Waals surface area contributed by atoms with E-state index in [-0.39, 0.29) is 10.7 Å². The van der Waals surface area contributed by atoms with Gasteiger partial charge in [-0.05, 0) is 47.2 Å². The number of aromatic nitrogens is 2. The molecule has 1 aromatic carbocycles. The van der Waals surface area contributed by atoms with Crippen molar-refractivity contribution in [3.63, 3.8) is 0 Å². The summed E-state index contributed by atoms with van der Waals surface area (Å²) in [6.45, 7) is 2.61. The van der Waals surface area contributed by atoms with Gasteiger partial charge >= 0.3 is 0 Å². The summed E-state index contributed by atoms with van der Waals surface area (Å²) in [4.78, 5) is 0.00445. The van der Waals surface area contributed by atoms with Crippen molar-refractivity contribution in [1.29, 1.82) is 0 Å². The van der Waals surface area contributed by atoms with Crippen molar-refractivity contribution in [3.8, 4) is 0 Å². The van der Waals surface area contributed by atoms with Gasteiger partial charge in [-0.3, -0.25) is 9.40 Å². The standard InChI is InChI=1S/C12H15IN4O2S/c1-2-6-17-8-11(12(14)15-17)20(18,19)16-10-5-3-4-9(13)7-10/h3-5,7-8,16H,2,6H2,1H3,(H2,14,15). The largest absolute Gasteiger partial charge is 0.381 e. The first kappa shape index (κ1) is 15.1. The van der Waals surface area contributed by atoms with Crippen LogP contribution in [0.15, 0.2) is 35.4 Å². The third-order valence-corrected chi connectivity index (χ3v) is 4.64. The molecule has 0 aliphatic heterocycles. The molecule has 2 aromatic rings. The number of nitrogen functional groups attached to an aromatic ring is 1. The van der Waals surface area contributed by atoms with Gasteiger partial charge in [0.05, 0.1) is 0 Å². The number of anilines is 2. The number of nitrogens with two attached hydrogens (primary N) is 1. The summed E-state index contributed by atoms with van der Waals surface area (Å²) in [5, 5.41) is 4.00. The molecule has 0 aliphatic rings. The normalized spacial score (nSPS) is 11.5. The molecule has 108 valence electrons. The van der Waals surface area contributed by atoms with Crippen molar-refractivity contribution in [2.24, 2.45) is 0 Å². The second-order valence-electron chi connectivity index (χ2n) is 4.26. The molecule has 0 saturated heterocycles. The number of sulfonamides is 1. The third kappa shape index (κ3) is 3.42. The lowest BCUT2D eigenvalue weighted by molar-refractivity contribution is 0.595. The highest BCUT2D eigenvalue weighted by atomic mass is 127. The van der Waals surface area contributed by atoms with E-state index in [4.69, 9.17) is 5.73 Å². The Labute approximate surface area is 131 Å². The fourth-order valence-corrected chi connectivity index (χ4v) is 3.40. The molecule has 0 amide bonds. The molecule has 0 saturated carbocycles. The van der Waals surface area contributed by atoms with Gasteiger partial charge in [0.25, 0.3) is 10.0 Å². The van der Waals surface area contributed by atoms with E-state index in [9.17, 15) is 8.42 Å². The smallest absolute Gasteiger partial charge is 0.267 e. The highest BCUT2D eigenvalue weighted by Crippen LogP contribution is 2.21. The van der Waals surface area contributed by atoms with Gasteiger partial charge in [0.2, 0.25) is 0 Å². The second kappa shape index (κ2) is 6.00. The molecule has 2 rings (SSSR count). The number of halogens is 1. The number of rotatable bonds is 5. The van der Waals surface area contributed by atoms with Gasteiger partial charge in [0, 0.05) is 22.0 Å². The van der Waals surface area contributed by atoms with Gasteiger partial charge in [0.1, 0.15) is 4.90 Å². The van der Waals surface area contributed by atoms with Crippen LogP contribution in [0, 0.1) is 3.57 Å². The van der Waals surface area contributed by atoms with Gasteiger partial charge in [-0.2, -0.15) is 5.10 Å². The van der Waals surface area contributed by atoms with Crippen molar-refractivity contribution < 1.29 is 8.42 Å². The average molecular weight is 406 g/mol. The Bertz CT molecular complexity index is 712. The summed E-state index contributed by atoms with van der Waals surface area (Å²) in [5.41, 5.74) is 6.19. The molecule has 6 nitrogen and oxygen atoms in total. The van der Waals surface area contributed by atoms with Crippen molar-refractivity contribution >= 4 is 44.1 Å². The van der Waals surface area contributed by atoms with E-state index in [2.05, 4.69) is 32.4 Å². The van der Waals surface area contributed by atoms with E-state index in [1.165, 1.54) is 6.20 Å². The number of benzene rings is 1. The van der Waals surface area contributed by atoms with Crippen molar-refractivity contribution in [2.45, 2.75) is 24.8 Å².